The van der Waals surface area contributed by atoms with Crippen LogP contribution in [-0.2, 0) is 11.2 Å². The molecule has 2 rings (SSSR count). The van der Waals surface area contributed by atoms with Crippen LogP contribution in [0, 0.1) is 0 Å². The second kappa shape index (κ2) is 7.23. The Balaban J connectivity index is 2.48. The molecule has 0 amide bonds. The molecule has 0 aliphatic heterocycles. The molecule has 0 N–H and O–H groups in total. The summed E-state index contributed by atoms with van der Waals surface area (Å²) in [5, 5.41) is 0.105. The lowest BCUT2D eigenvalue weighted by Crippen LogP contribution is -2.03. The summed E-state index contributed by atoms with van der Waals surface area (Å²) in [4.78, 5) is 23.7. The fourth-order valence-corrected chi connectivity index (χ4v) is 2.54. The molecule has 0 saturated carbocycles. The number of carbonyl (C=O) groups is 2. The average molecular weight is 298 g/mol. The highest BCUT2D eigenvalue weighted by Gasteiger charge is 2.12. The van der Waals surface area contributed by atoms with E-state index < -0.39 is 0 Å². The van der Waals surface area contributed by atoms with Crippen LogP contribution in [0.25, 0.3) is 11.1 Å². The smallest absolute Gasteiger partial charge is 0.193 e. The zero-order chi connectivity index (χ0) is 15.2. The minimum absolute atomic E-state index is 0.104. The van der Waals surface area contributed by atoms with E-state index in [0.29, 0.717) is 18.4 Å². The van der Waals surface area contributed by atoms with Crippen LogP contribution < -0.4 is 0 Å². The van der Waals surface area contributed by atoms with Crippen LogP contribution in [-0.4, -0.2) is 17.2 Å². The maximum Gasteiger partial charge on any atom is 0.193 e. The molecular weight excluding hydrogens is 280 g/mol. The van der Waals surface area contributed by atoms with Crippen LogP contribution in [0.4, 0.5) is 0 Å². The van der Waals surface area contributed by atoms with Crippen molar-refractivity contribution in [1.82, 2.24) is 0 Å². The number of rotatable bonds is 5. The molecule has 0 aromatic heterocycles. The summed E-state index contributed by atoms with van der Waals surface area (Å²) in [5.41, 5.74) is 3.68. The molecule has 0 bridgehead atoms. The van der Waals surface area contributed by atoms with E-state index in [-0.39, 0.29) is 10.9 Å². The monoisotopic (exact) mass is 298 g/mol. The summed E-state index contributed by atoms with van der Waals surface area (Å²) in [5.74, 6) is 0.104. The fraction of sp³-hybridized carbons (Fsp3) is 0.222. The van der Waals surface area contributed by atoms with Gasteiger partial charge in [-0.05, 0) is 29.0 Å². The van der Waals surface area contributed by atoms with Crippen LogP contribution in [0.2, 0.25) is 0 Å². The predicted molar refractivity (Wildman–Crippen MR) is 88.7 cm³/mol. The van der Waals surface area contributed by atoms with E-state index in [1.54, 1.807) is 6.26 Å². The molecule has 0 saturated heterocycles. The van der Waals surface area contributed by atoms with E-state index in [2.05, 4.69) is 0 Å². The lowest BCUT2D eigenvalue weighted by atomic mass is 9.94. The molecule has 0 radical (unpaired) electrons. The van der Waals surface area contributed by atoms with E-state index in [4.69, 9.17) is 0 Å². The third-order valence-electron chi connectivity index (χ3n) is 3.40. The van der Waals surface area contributed by atoms with Gasteiger partial charge in [-0.3, -0.25) is 9.59 Å². The van der Waals surface area contributed by atoms with Crippen molar-refractivity contribution < 1.29 is 9.59 Å². The minimum atomic E-state index is 0.104. The predicted octanol–water partition coefficient (Wildman–Crippen LogP) is 4.38. The molecular formula is C18H18O2S. The summed E-state index contributed by atoms with van der Waals surface area (Å²) in [6, 6.07) is 15.6. The standard InChI is InChI=1S/C18H18O2S/c1-3-17(19)14-9-10-16(13-7-5-4-6-8-13)15(11-14)12-18(20)21-2/h4-11H,3,12H2,1-2H3. The fourth-order valence-electron chi connectivity index (χ4n) is 2.24. The van der Waals surface area contributed by atoms with Gasteiger partial charge in [0.2, 0.25) is 0 Å². The molecule has 2 nitrogen and oxygen atoms in total. The van der Waals surface area contributed by atoms with Crippen LogP contribution >= 0.6 is 11.8 Å². The summed E-state index contributed by atoms with van der Waals surface area (Å²) in [7, 11) is 0. The van der Waals surface area contributed by atoms with E-state index in [0.717, 1.165) is 16.7 Å². The van der Waals surface area contributed by atoms with Gasteiger partial charge in [0.1, 0.15) is 0 Å². The Hall–Kier alpha value is -1.87. The SMILES string of the molecule is CCC(=O)c1ccc(-c2ccccc2)c(CC(=O)SC)c1. The highest BCUT2D eigenvalue weighted by atomic mass is 32.2. The first kappa shape index (κ1) is 15.5. The Morgan fingerprint density at radius 2 is 1.76 bits per heavy atom. The number of hydrogen-bond acceptors (Lipinski definition) is 3. The first-order valence-electron chi connectivity index (χ1n) is 6.94. The quantitative estimate of drug-likeness (QED) is 0.768. The zero-order valence-corrected chi connectivity index (χ0v) is 13.1. The molecule has 21 heavy (non-hydrogen) atoms. The van der Waals surface area contributed by atoms with Gasteiger partial charge in [0.15, 0.2) is 10.9 Å². The zero-order valence-electron chi connectivity index (χ0n) is 12.3. The Bertz CT molecular complexity index is 648. The van der Waals surface area contributed by atoms with Gasteiger partial charge in [0.05, 0.1) is 0 Å². The largest absolute Gasteiger partial charge is 0.294 e. The molecule has 0 aliphatic rings. The number of carbonyl (C=O) groups excluding carboxylic acids is 2. The van der Waals surface area contributed by atoms with E-state index in [9.17, 15) is 9.59 Å². The van der Waals surface area contributed by atoms with Crippen molar-refractivity contribution in [3.63, 3.8) is 0 Å². The third-order valence-corrected chi connectivity index (χ3v) is 4.00. The average Bonchev–Trinajstić information content (AvgIpc) is 2.54. The van der Waals surface area contributed by atoms with Gasteiger partial charge in [-0.15, -0.1) is 0 Å². The Kier molecular flexibility index (Phi) is 5.34. The number of benzene rings is 2. The summed E-state index contributed by atoms with van der Waals surface area (Å²) in [6.45, 7) is 1.85. The van der Waals surface area contributed by atoms with Crippen LogP contribution in [0.3, 0.4) is 0 Å². The molecule has 0 fully saturated rings. The van der Waals surface area contributed by atoms with Crippen molar-refractivity contribution in [2.24, 2.45) is 0 Å². The van der Waals surface area contributed by atoms with E-state index in [1.165, 1.54) is 11.8 Å². The van der Waals surface area contributed by atoms with Gasteiger partial charge in [-0.2, -0.15) is 0 Å². The topological polar surface area (TPSA) is 34.1 Å². The van der Waals surface area contributed by atoms with E-state index >= 15 is 0 Å². The van der Waals surface area contributed by atoms with Crippen molar-refractivity contribution in [2.75, 3.05) is 6.26 Å². The maximum absolute atomic E-state index is 11.9. The van der Waals surface area contributed by atoms with Crippen LogP contribution in [0.15, 0.2) is 48.5 Å². The van der Waals surface area contributed by atoms with Crippen LogP contribution in [0.5, 0.6) is 0 Å². The van der Waals surface area contributed by atoms with Crippen molar-refractivity contribution in [2.45, 2.75) is 19.8 Å². The normalized spacial score (nSPS) is 10.4. The Morgan fingerprint density at radius 3 is 2.38 bits per heavy atom. The number of ketones is 1. The molecule has 0 spiro atoms. The lowest BCUT2D eigenvalue weighted by molar-refractivity contribution is -0.110. The van der Waals surface area contributed by atoms with Crippen molar-refractivity contribution in [1.29, 1.82) is 0 Å². The van der Waals surface area contributed by atoms with Gasteiger partial charge in [0.25, 0.3) is 0 Å². The lowest BCUT2D eigenvalue weighted by Gasteiger charge is -2.11. The Morgan fingerprint density at radius 1 is 1.05 bits per heavy atom. The molecule has 3 heteroatoms. The highest BCUT2D eigenvalue weighted by molar-refractivity contribution is 8.13. The summed E-state index contributed by atoms with van der Waals surface area (Å²) >= 11 is 1.22. The maximum atomic E-state index is 11.9. The molecule has 0 atom stereocenters. The second-order valence-electron chi connectivity index (χ2n) is 4.77. The minimum Gasteiger partial charge on any atom is -0.294 e. The molecule has 0 aliphatic carbocycles. The molecule has 2 aromatic rings. The molecule has 0 unspecified atom stereocenters. The molecule has 0 heterocycles. The first-order valence-corrected chi connectivity index (χ1v) is 8.16. The third kappa shape index (κ3) is 3.82. The van der Waals surface area contributed by atoms with Crippen molar-refractivity contribution >= 4 is 22.7 Å². The second-order valence-corrected chi connectivity index (χ2v) is 5.63. The molecule has 2 aromatic carbocycles. The number of Topliss-reactive ketones (excluding diaryl/α,β-unsaturated/α-hetero) is 1. The summed E-state index contributed by atoms with van der Waals surface area (Å²) < 4.78 is 0. The van der Waals surface area contributed by atoms with Gasteiger partial charge in [-0.25, -0.2) is 0 Å². The number of hydrogen-bond donors (Lipinski definition) is 0. The van der Waals surface area contributed by atoms with Gasteiger partial charge in [0, 0.05) is 18.4 Å². The highest BCUT2D eigenvalue weighted by Crippen LogP contribution is 2.26. The van der Waals surface area contributed by atoms with E-state index in [1.807, 2.05) is 55.5 Å². The van der Waals surface area contributed by atoms with Crippen molar-refractivity contribution in [3.8, 4) is 11.1 Å². The Labute approximate surface area is 129 Å². The van der Waals surface area contributed by atoms with Crippen molar-refractivity contribution in [3.05, 3.63) is 59.7 Å². The first-order chi connectivity index (χ1) is 10.2. The van der Waals surface area contributed by atoms with Gasteiger partial charge in [-0.1, -0.05) is 61.2 Å². The van der Waals surface area contributed by atoms with Gasteiger partial charge >= 0.3 is 0 Å². The molecule has 108 valence electrons. The number of thioether (sulfide) groups is 1. The van der Waals surface area contributed by atoms with Crippen LogP contribution in [0.1, 0.15) is 29.3 Å². The van der Waals surface area contributed by atoms with Gasteiger partial charge < -0.3 is 0 Å². The summed E-state index contributed by atoms with van der Waals surface area (Å²) in [6.07, 6.45) is 2.60.